The Bertz CT molecular complexity index is 958. The maximum absolute atomic E-state index is 12.5. The Morgan fingerprint density at radius 1 is 1.03 bits per heavy atom. The highest BCUT2D eigenvalue weighted by molar-refractivity contribution is 6.35. The summed E-state index contributed by atoms with van der Waals surface area (Å²) in [6.45, 7) is 2.04. The molecule has 1 fully saturated rings. The highest BCUT2D eigenvalue weighted by atomic mass is 16.7. The predicted molar refractivity (Wildman–Crippen MR) is 110 cm³/mol. The maximum Gasteiger partial charge on any atom is 0.309 e. The molecule has 0 atom stereocenters. The molecular formula is C22H24N4O5. The molecule has 0 spiro atoms. The Morgan fingerprint density at radius 2 is 1.81 bits per heavy atom. The van der Waals surface area contributed by atoms with Gasteiger partial charge in [-0.05, 0) is 48.6 Å². The summed E-state index contributed by atoms with van der Waals surface area (Å²) in [5, 5.41) is 5.31. The molecule has 0 aliphatic carbocycles. The molecular weight excluding hydrogens is 400 g/mol. The number of hydrogen-bond acceptors (Lipinski definition) is 6. The highest BCUT2D eigenvalue weighted by Crippen LogP contribution is 2.32. The summed E-state index contributed by atoms with van der Waals surface area (Å²) in [4.78, 5) is 42.4. The number of fused-ring (bicyclic) bond motifs is 1. The largest absolute Gasteiger partial charge is 0.454 e. The van der Waals surface area contributed by atoms with Gasteiger partial charge in [0, 0.05) is 38.6 Å². The smallest absolute Gasteiger partial charge is 0.309 e. The summed E-state index contributed by atoms with van der Waals surface area (Å²) < 4.78 is 10.6. The molecule has 9 nitrogen and oxygen atoms in total. The first-order chi connectivity index (χ1) is 15.1. The van der Waals surface area contributed by atoms with Crippen molar-refractivity contribution >= 4 is 17.7 Å². The number of hydrogen-bond donors (Lipinski definition) is 2. The second-order valence-electron chi connectivity index (χ2n) is 7.56. The molecule has 162 valence electrons. The summed E-state index contributed by atoms with van der Waals surface area (Å²) in [5.41, 5.74) is 1.39. The van der Waals surface area contributed by atoms with E-state index in [1.807, 2.05) is 6.07 Å². The second-order valence-corrected chi connectivity index (χ2v) is 7.56. The summed E-state index contributed by atoms with van der Waals surface area (Å²) in [6, 6.07) is 8.86. The first-order valence-electron chi connectivity index (χ1n) is 10.2. The van der Waals surface area contributed by atoms with E-state index in [-0.39, 0.29) is 25.2 Å². The Balaban J connectivity index is 1.17. The molecule has 1 aromatic heterocycles. The molecule has 2 aromatic rings. The minimum atomic E-state index is -0.679. The number of pyridine rings is 1. The molecule has 2 aliphatic rings. The van der Waals surface area contributed by atoms with Crippen LogP contribution in [0.4, 0.5) is 0 Å². The van der Waals surface area contributed by atoms with Crippen LogP contribution in [0.25, 0.3) is 0 Å². The van der Waals surface area contributed by atoms with Crippen LogP contribution in [-0.2, 0) is 16.1 Å². The van der Waals surface area contributed by atoms with Crippen LogP contribution in [0, 0.1) is 5.92 Å². The molecule has 0 radical (unpaired) electrons. The van der Waals surface area contributed by atoms with Gasteiger partial charge in [-0.2, -0.15) is 0 Å². The molecule has 1 aromatic carbocycles. The van der Waals surface area contributed by atoms with Gasteiger partial charge in [0.25, 0.3) is 5.91 Å². The average Bonchev–Trinajstić information content (AvgIpc) is 3.29. The molecule has 31 heavy (non-hydrogen) atoms. The van der Waals surface area contributed by atoms with Crippen LogP contribution >= 0.6 is 0 Å². The zero-order chi connectivity index (χ0) is 21.6. The van der Waals surface area contributed by atoms with Crippen molar-refractivity contribution in [3.05, 3.63) is 53.9 Å². The van der Waals surface area contributed by atoms with Gasteiger partial charge in [0.15, 0.2) is 11.5 Å². The molecule has 0 unspecified atom stereocenters. The molecule has 0 saturated carbocycles. The third-order valence-electron chi connectivity index (χ3n) is 5.46. The molecule has 3 heterocycles. The van der Waals surface area contributed by atoms with Crippen LogP contribution in [0.1, 0.15) is 28.8 Å². The van der Waals surface area contributed by atoms with Gasteiger partial charge < -0.3 is 25.0 Å². The number of nitrogens with zero attached hydrogens (tertiary/aromatic N) is 2. The van der Waals surface area contributed by atoms with Gasteiger partial charge in [-0.3, -0.25) is 19.4 Å². The van der Waals surface area contributed by atoms with Gasteiger partial charge >= 0.3 is 11.8 Å². The Labute approximate surface area is 179 Å². The minimum Gasteiger partial charge on any atom is -0.454 e. The lowest BCUT2D eigenvalue weighted by Gasteiger charge is -2.32. The fourth-order valence-electron chi connectivity index (χ4n) is 3.64. The van der Waals surface area contributed by atoms with E-state index in [1.165, 1.54) is 0 Å². The van der Waals surface area contributed by atoms with E-state index < -0.39 is 11.8 Å². The van der Waals surface area contributed by atoms with E-state index in [1.54, 1.807) is 41.6 Å². The van der Waals surface area contributed by atoms with Crippen molar-refractivity contribution in [1.29, 1.82) is 0 Å². The first kappa shape index (κ1) is 20.6. The van der Waals surface area contributed by atoms with Crippen LogP contribution in [0.3, 0.4) is 0 Å². The second kappa shape index (κ2) is 9.46. The molecule has 9 heteroatoms. The maximum atomic E-state index is 12.5. The van der Waals surface area contributed by atoms with Crippen molar-refractivity contribution in [2.45, 2.75) is 19.4 Å². The zero-order valence-electron chi connectivity index (χ0n) is 17.0. The summed E-state index contributed by atoms with van der Waals surface area (Å²) >= 11 is 0. The standard InChI is InChI=1S/C22H24N4O5/c27-20(21(28)25-12-16-3-4-18-19(10-16)31-14-30-18)24-11-15-5-8-26(9-6-15)22(29)17-2-1-7-23-13-17/h1-4,7,10,13,15H,5-6,8-9,11-12,14H2,(H,24,27)(H,25,28). The van der Waals surface area contributed by atoms with Gasteiger partial charge in [-0.25, -0.2) is 0 Å². The van der Waals surface area contributed by atoms with Crippen molar-refractivity contribution in [2.24, 2.45) is 5.92 Å². The number of amides is 3. The number of ether oxygens (including phenoxy) is 2. The number of piperidine rings is 1. The van der Waals surface area contributed by atoms with Crippen molar-refractivity contribution in [2.75, 3.05) is 26.4 Å². The molecule has 2 N–H and O–H groups in total. The predicted octanol–water partition coefficient (Wildman–Crippen LogP) is 1.10. The van der Waals surface area contributed by atoms with Crippen molar-refractivity contribution in [3.63, 3.8) is 0 Å². The van der Waals surface area contributed by atoms with E-state index in [0.29, 0.717) is 36.7 Å². The zero-order valence-corrected chi connectivity index (χ0v) is 17.0. The number of carbonyl (C=O) groups is 3. The van der Waals surface area contributed by atoms with E-state index in [4.69, 9.17) is 9.47 Å². The van der Waals surface area contributed by atoms with Crippen LogP contribution in [0.2, 0.25) is 0 Å². The van der Waals surface area contributed by atoms with Crippen LogP contribution in [0.5, 0.6) is 11.5 Å². The van der Waals surface area contributed by atoms with Gasteiger partial charge in [0.05, 0.1) is 5.56 Å². The van der Waals surface area contributed by atoms with Gasteiger partial charge in [-0.1, -0.05) is 6.07 Å². The molecule has 2 aliphatic heterocycles. The summed E-state index contributed by atoms with van der Waals surface area (Å²) in [6.07, 6.45) is 4.74. The monoisotopic (exact) mass is 424 g/mol. The number of carbonyl (C=O) groups excluding carboxylic acids is 3. The first-order valence-corrected chi connectivity index (χ1v) is 10.2. The lowest BCUT2D eigenvalue weighted by molar-refractivity contribution is -0.139. The third-order valence-corrected chi connectivity index (χ3v) is 5.46. The summed E-state index contributed by atoms with van der Waals surface area (Å²) in [7, 11) is 0. The van der Waals surface area contributed by atoms with Gasteiger partial charge in [-0.15, -0.1) is 0 Å². The molecule has 0 bridgehead atoms. The topological polar surface area (TPSA) is 110 Å². The number of aromatic nitrogens is 1. The lowest BCUT2D eigenvalue weighted by Crippen LogP contribution is -2.44. The lowest BCUT2D eigenvalue weighted by atomic mass is 9.96. The van der Waals surface area contributed by atoms with Gasteiger partial charge in [0.1, 0.15) is 0 Å². The van der Waals surface area contributed by atoms with Gasteiger partial charge in [0.2, 0.25) is 6.79 Å². The van der Waals surface area contributed by atoms with Crippen molar-refractivity contribution in [3.8, 4) is 11.5 Å². The SMILES string of the molecule is O=C(NCc1ccc2c(c1)OCO2)C(=O)NCC1CCN(C(=O)c2cccnc2)CC1. The fraction of sp³-hybridized carbons (Fsp3) is 0.364. The molecule has 4 rings (SSSR count). The number of benzene rings is 1. The quantitative estimate of drug-likeness (QED) is 0.696. The third kappa shape index (κ3) is 5.11. The normalized spacial score (nSPS) is 15.4. The number of likely N-dealkylation sites (tertiary alicyclic amines) is 1. The fourth-order valence-corrected chi connectivity index (χ4v) is 3.64. The number of nitrogens with one attached hydrogen (secondary N) is 2. The van der Waals surface area contributed by atoms with E-state index >= 15 is 0 Å². The molecule has 3 amide bonds. The van der Waals surface area contributed by atoms with E-state index in [9.17, 15) is 14.4 Å². The van der Waals surface area contributed by atoms with Crippen molar-refractivity contribution in [1.82, 2.24) is 20.5 Å². The Kier molecular flexibility index (Phi) is 6.30. The van der Waals surface area contributed by atoms with E-state index in [2.05, 4.69) is 15.6 Å². The van der Waals surface area contributed by atoms with Crippen LogP contribution < -0.4 is 20.1 Å². The van der Waals surface area contributed by atoms with Crippen molar-refractivity contribution < 1.29 is 23.9 Å². The summed E-state index contributed by atoms with van der Waals surface area (Å²) in [5.74, 6) is 0.157. The minimum absolute atomic E-state index is 0.0292. The average molecular weight is 424 g/mol. The molecule has 1 saturated heterocycles. The van der Waals surface area contributed by atoms with Crippen LogP contribution in [-0.4, -0.2) is 54.0 Å². The van der Waals surface area contributed by atoms with E-state index in [0.717, 1.165) is 18.4 Å². The Morgan fingerprint density at radius 3 is 2.58 bits per heavy atom. The number of rotatable bonds is 5. The highest BCUT2D eigenvalue weighted by Gasteiger charge is 2.25. The van der Waals surface area contributed by atoms with Crippen LogP contribution in [0.15, 0.2) is 42.7 Å². The Hall–Kier alpha value is -3.62.